The van der Waals surface area contributed by atoms with Crippen LogP contribution in [0.3, 0.4) is 0 Å². The first-order valence-electron chi connectivity index (χ1n) is 11.7. The Balaban J connectivity index is 1.45. The molecule has 8 heteroatoms. The van der Waals surface area contributed by atoms with Gasteiger partial charge in [0.05, 0.1) is 11.4 Å². The van der Waals surface area contributed by atoms with E-state index in [0.29, 0.717) is 18.0 Å². The van der Waals surface area contributed by atoms with Crippen molar-refractivity contribution in [2.24, 2.45) is 0 Å². The SMILES string of the molecule is Cc1ccc(S(=O)(=O)N(CC(=O)Nc2ccc(OCc3ccccc3)cc2)Cc2ccc(Br)cc2)cc1. The molecule has 0 aromatic heterocycles. The van der Waals surface area contributed by atoms with E-state index >= 15 is 0 Å². The van der Waals surface area contributed by atoms with Crippen LogP contribution in [0, 0.1) is 6.92 Å². The fourth-order valence-corrected chi connectivity index (χ4v) is 5.26. The molecular weight excluding hydrogens is 552 g/mol. The molecule has 0 fully saturated rings. The van der Waals surface area contributed by atoms with Crippen molar-refractivity contribution in [3.05, 3.63) is 124 Å². The molecule has 0 atom stereocenters. The molecule has 190 valence electrons. The number of carbonyl (C=O) groups is 1. The first-order chi connectivity index (χ1) is 17.8. The largest absolute Gasteiger partial charge is 0.489 e. The summed E-state index contributed by atoms with van der Waals surface area (Å²) in [4.78, 5) is 13.1. The second-order valence-corrected chi connectivity index (χ2v) is 11.4. The Morgan fingerprint density at radius 3 is 2.14 bits per heavy atom. The molecule has 0 radical (unpaired) electrons. The Bertz CT molecular complexity index is 1420. The van der Waals surface area contributed by atoms with Crippen LogP contribution in [0.15, 0.2) is 112 Å². The molecule has 0 aliphatic carbocycles. The van der Waals surface area contributed by atoms with Gasteiger partial charge in [-0.25, -0.2) is 8.42 Å². The summed E-state index contributed by atoms with van der Waals surface area (Å²) in [6.07, 6.45) is 0. The predicted octanol–water partition coefficient (Wildman–Crippen LogP) is 6.17. The van der Waals surface area contributed by atoms with E-state index in [1.807, 2.05) is 61.5 Å². The van der Waals surface area contributed by atoms with Crippen LogP contribution in [0.1, 0.15) is 16.7 Å². The zero-order valence-corrected chi connectivity index (χ0v) is 22.7. The number of nitrogens with zero attached hydrogens (tertiary/aromatic N) is 1. The maximum atomic E-state index is 13.5. The van der Waals surface area contributed by atoms with E-state index in [1.54, 1.807) is 48.5 Å². The highest BCUT2D eigenvalue weighted by molar-refractivity contribution is 9.10. The van der Waals surface area contributed by atoms with Crippen LogP contribution in [-0.4, -0.2) is 25.2 Å². The number of hydrogen-bond donors (Lipinski definition) is 1. The molecular formula is C29H27BrN2O4S. The second kappa shape index (κ2) is 12.2. The number of sulfonamides is 1. The van der Waals surface area contributed by atoms with Crippen LogP contribution in [0.5, 0.6) is 5.75 Å². The van der Waals surface area contributed by atoms with Gasteiger partial charge in [0.2, 0.25) is 15.9 Å². The molecule has 4 aromatic rings. The molecule has 0 heterocycles. The third-order valence-electron chi connectivity index (χ3n) is 5.64. The van der Waals surface area contributed by atoms with Crippen molar-refractivity contribution in [3.8, 4) is 5.75 Å². The van der Waals surface area contributed by atoms with Crippen molar-refractivity contribution in [2.75, 3.05) is 11.9 Å². The van der Waals surface area contributed by atoms with E-state index in [2.05, 4.69) is 21.2 Å². The first-order valence-corrected chi connectivity index (χ1v) is 13.9. The van der Waals surface area contributed by atoms with Gasteiger partial charge >= 0.3 is 0 Å². The molecule has 0 spiro atoms. The summed E-state index contributed by atoms with van der Waals surface area (Å²) in [6, 6.07) is 30.8. The highest BCUT2D eigenvalue weighted by Gasteiger charge is 2.27. The van der Waals surface area contributed by atoms with Gasteiger partial charge in [-0.1, -0.05) is 76.1 Å². The Morgan fingerprint density at radius 2 is 1.49 bits per heavy atom. The Morgan fingerprint density at radius 1 is 0.838 bits per heavy atom. The molecule has 4 aromatic carbocycles. The maximum absolute atomic E-state index is 13.5. The van der Waals surface area contributed by atoms with Crippen LogP contribution < -0.4 is 10.1 Å². The van der Waals surface area contributed by atoms with Gasteiger partial charge in [0.1, 0.15) is 12.4 Å². The highest BCUT2D eigenvalue weighted by atomic mass is 79.9. The number of amides is 1. The summed E-state index contributed by atoms with van der Waals surface area (Å²) in [7, 11) is -3.91. The standard InChI is InChI=1S/C29H27BrN2O4S/c1-22-7-17-28(18-8-22)37(34,35)32(19-23-9-11-25(30)12-10-23)20-29(33)31-26-13-15-27(16-14-26)36-21-24-5-3-2-4-6-24/h2-18H,19-21H2,1H3,(H,31,33). The Labute approximate surface area is 226 Å². The van der Waals surface area contributed by atoms with Crippen LogP contribution in [0.4, 0.5) is 5.69 Å². The smallest absolute Gasteiger partial charge is 0.243 e. The molecule has 0 unspecified atom stereocenters. The fourth-order valence-electron chi connectivity index (χ4n) is 3.61. The molecule has 0 saturated heterocycles. The monoisotopic (exact) mass is 578 g/mol. The number of anilines is 1. The first kappa shape index (κ1) is 26.6. The summed E-state index contributed by atoms with van der Waals surface area (Å²) in [5.74, 6) is 0.228. The number of rotatable bonds is 10. The van der Waals surface area contributed by atoms with Crippen molar-refractivity contribution < 1.29 is 17.9 Å². The van der Waals surface area contributed by atoms with E-state index in [-0.39, 0.29) is 18.0 Å². The number of benzene rings is 4. The minimum atomic E-state index is -3.91. The number of nitrogens with one attached hydrogen (secondary N) is 1. The van der Waals surface area contributed by atoms with E-state index in [1.165, 1.54) is 4.31 Å². The van der Waals surface area contributed by atoms with Gasteiger partial charge < -0.3 is 10.1 Å². The number of ether oxygens (including phenoxy) is 1. The van der Waals surface area contributed by atoms with Gasteiger partial charge in [0, 0.05) is 16.7 Å². The molecule has 6 nitrogen and oxygen atoms in total. The van der Waals surface area contributed by atoms with Crippen molar-refractivity contribution in [3.63, 3.8) is 0 Å². The number of halogens is 1. The van der Waals surface area contributed by atoms with Crippen molar-refractivity contribution in [2.45, 2.75) is 25.0 Å². The lowest BCUT2D eigenvalue weighted by atomic mass is 10.2. The Hall–Kier alpha value is -3.46. The molecule has 0 aliphatic heterocycles. The summed E-state index contributed by atoms with van der Waals surface area (Å²) in [5.41, 5.74) is 3.33. The number of hydrogen-bond acceptors (Lipinski definition) is 4. The van der Waals surface area contributed by atoms with Gasteiger partial charge in [-0.3, -0.25) is 4.79 Å². The summed E-state index contributed by atoms with van der Waals surface area (Å²) >= 11 is 3.39. The van der Waals surface area contributed by atoms with Gasteiger partial charge in [-0.2, -0.15) is 4.31 Å². The quantitative estimate of drug-likeness (QED) is 0.244. The average Bonchev–Trinajstić information content (AvgIpc) is 2.90. The molecule has 0 saturated carbocycles. The molecule has 37 heavy (non-hydrogen) atoms. The number of aryl methyl sites for hydroxylation is 1. The lowest BCUT2D eigenvalue weighted by Crippen LogP contribution is -2.37. The van der Waals surface area contributed by atoms with E-state index in [0.717, 1.165) is 21.2 Å². The molecule has 0 aliphatic rings. The lowest BCUT2D eigenvalue weighted by molar-refractivity contribution is -0.116. The Kier molecular flexibility index (Phi) is 8.76. The normalized spacial score (nSPS) is 11.3. The van der Waals surface area contributed by atoms with Crippen LogP contribution in [-0.2, 0) is 28.0 Å². The number of carbonyl (C=O) groups excluding carboxylic acids is 1. The van der Waals surface area contributed by atoms with Gasteiger partial charge in [0.15, 0.2) is 0 Å². The zero-order valence-electron chi connectivity index (χ0n) is 20.3. The molecule has 0 bridgehead atoms. The van der Waals surface area contributed by atoms with E-state index < -0.39 is 15.9 Å². The third-order valence-corrected chi connectivity index (χ3v) is 7.97. The summed E-state index contributed by atoms with van der Waals surface area (Å²) < 4.78 is 34.8. The maximum Gasteiger partial charge on any atom is 0.243 e. The molecule has 1 N–H and O–H groups in total. The van der Waals surface area contributed by atoms with Crippen LogP contribution >= 0.6 is 15.9 Å². The van der Waals surface area contributed by atoms with E-state index in [9.17, 15) is 13.2 Å². The molecule has 4 rings (SSSR count). The topological polar surface area (TPSA) is 75.7 Å². The summed E-state index contributed by atoms with van der Waals surface area (Å²) in [6.45, 7) is 2.05. The van der Waals surface area contributed by atoms with Gasteiger partial charge in [-0.15, -0.1) is 0 Å². The van der Waals surface area contributed by atoms with Crippen molar-refractivity contribution >= 4 is 37.5 Å². The molecule has 1 amide bonds. The lowest BCUT2D eigenvalue weighted by Gasteiger charge is -2.22. The highest BCUT2D eigenvalue weighted by Crippen LogP contribution is 2.21. The predicted molar refractivity (Wildman–Crippen MR) is 149 cm³/mol. The average molecular weight is 580 g/mol. The van der Waals surface area contributed by atoms with Crippen molar-refractivity contribution in [1.29, 1.82) is 0 Å². The van der Waals surface area contributed by atoms with E-state index in [4.69, 9.17) is 4.74 Å². The van der Waals surface area contributed by atoms with Gasteiger partial charge in [-0.05, 0) is 66.6 Å². The minimum Gasteiger partial charge on any atom is -0.489 e. The third kappa shape index (κ3) is 7.52. The van der Waals surface area contributed by atoms with Crippen LogP contribution in [0.2, 0.25) is 0 Å². The van der Waals surface area contributed by atoms with Crippen LogP contribution in [0.25, 0.3) is 0 Å². The second-order valence-electron chi connectivity index (χ2n) is 8.56. The zero-order chi connectivity index (χ0) is 26.3. The minimum absolute atomic E-state index is 0.0587. The fraction of sp³-hybridized carbons (Fsp3) is 0.138. The van der Waals surface area contributed by atoms with Crippen molar-refractivity contribution in [1.82, 2.24) is 4.31 Å². The summed E-state index contributed by atoms with van der Waals surface area (Å²) in [5, 5.41) is 2.79. The van der Waals surface area contributed by atoms with Gasteiger partial charge in [0.25, 0.3) is 0 Å².